The minimum Gasteiger partial charge on any atom is -0.493 e. The van der Waals surface area contributed by atoms with Gasteiger partial charge in [-0.15, -0.1) is 0 Å². The van der Waals surface area contributed by atoms with Crippen LogP contribution in [-0.2, 0) is 0 Å². The van der Waals surface area contributed by atoms with Crippen LogP contribution in [0.15, 0.2) is 24.3 Å². The van der Waals surface area contributed by atoms with Gasteiger partial charge in [-0.25, -0.2) is 0 Å². The zero-order valence-electron chi connectivity index (χ0n) is 13.0. The van der Waals surface area contributed by atoms with Gasteiger partial charge in [0.05, 0.1) is 6.61 Å². The maximum Gasteiger partial charge on any atom is 0.122 e. The third-order valence-electron chi connectivity index (χ3n) is 4.29. The smallest absolute Gasteiger partial charge is 0.122 e. The molecule has 0 spiro atoms. The van der Waals surface area contributed by atoms with E-state index in [1.165, 1.54) is 37.7 Å². The first kappa shape index (κ1) is 15.4. The average Bonchev–Trinajstić information content (AvgIpc) is 2.49. The minimum atomic E-state index is 0.609. The summed E-state index contributed by atoms with van der Waals surface area (Å²) in [7, 11) is 0. The number of ether oxygens (including phenoxy) is 1. The predicted molar refractivity (Wildman–Crippen MR) is 85.5 cm³/mol. The van der Waals surface area contributed by atoms with Gasteiger partial charge in [-0.3, -0.25) is 0 Å². The predicted octanol–water partition coefficient (Wildman–Crippen LogP) is 4.50. The van der Waals surface area contributed by atoms with Gasteiger partial charge in [-0.1, -0.05) is 50.8 Å². The van der Waals surface area contributed by atoms with E-state index < -0.39 is 0 Å². The average molecular weight is 275 g/mol. The topological polar surface area (TPSA) is 21.3 Å². The first-order chi connectivity index (χ1) is 9.81. The molecule has 2 heteroatoms. The van der Waals surface area contributed by atoms with Gasteiger partial charge >= 0.3 is 0 Å². The molecule has 112 valence electrons. The number of unbranched alkanes of at least 4 members (excludes halogenated alkanes) is 3. The van der Waals surface area contributed by atoms with Crippen LogP contribution in [0.25, 0.3) is 0 Å². The first-order valence-corrected chi connectivity index (χ1v) is 8.26. The van der Waals surface area contributed by atoms with E-state index in [-0.39, 0.29) is 0 Å². The lowest BCUT2D eigenvalue weighted by Gasteiger charge is -2.27. The first-order valence-electron chi connectivity index (χ1n) is 8.26. The SMILES string of the molecule is CCCCCCC(C)NCC1CCOc2ccccc21. The zero-order valence-corrected chi connectivity index (χ0v) is 13.0. The number of rotatable bonds is 8. The third kappa shape index (κ3) is 4.52. The van der Waals surface area contributed by atoms with Crippen molar-refractivity contribution in [2.75, 3.05) is 13.2 Å². The van der Waals surface area contributed by atoms with Crippen LogP contribution in [0.1, 0.15) is 63.9 Å². The van der Waals surface area contributed by atoms with Crippen molar-refractivity contribution in [3.05, 3.63) is 29.8 Å². The fraction of sp³-hybridized carbons (Fsp3) is 0.667. The van der Waals surface area contributed by atoms with Crippen molar-refractivity contribution < 1.29 is 4.74 Å². The molecule has 0 amide bonds. The summed E-state index contributed by atoms with van der Waals surface area (Å²) in [5.41, 5.74) is 1.38. The molecule has 0 radical (unpaired) electrons. The Morgan fingerprint density at radius 1 is 1.25 bits per heavy atom. The number of hydrogen-bond acceptors (Lipinski definition) is 2. The van der Waals surface area contributed by atoms with E-state index in [0.29, 0.717) is 12.0 Å². The van der Waals surface area contributed by atoms with Crippen LogP contribution in [0.2, 0.25) is 0 Å². The largest absolute Gasteiger partial charge is 0.493 e. The standard InChI is InChI=1S/C18H29NO/c1-3-4-5-6-9-15(2)19-14-16-12-13-20-18-11-8-7-10-17(16)18/h7-8,10-11,15-16,19H,3-6,9,12-14H2,1-2H3. The van der Waals surface area contributed by atoms with Crippen molar-refractivity contribution in [2.45, 2.75) is 64.3 Å². The number of nitrogens with one attached hydrogen (secondary N) is 1. The second kappa shape index (κ2) is 8.31. The molecule has 0 fully saturated rings. The minimum absolute atomic E-state index is 0.609. The van der Waals surface area contributed by atoms with E-state index in [1.54, 1.807) is 0 Å². The van der Waals surface area contributed by atoms with E-state index in [0.717, 1.165) is 25.3 Å². The van der Waals surface area contributed by atoms with Gasteiger partial charge in [0, 0.05) is 18.5 Å². The van der Waals surface area contributed by atoms with Crippen molar-refractivity contribution in [1.29, 1.82) is 0 Å². The molecule has 1 aliphatic rings. The van der Waals surface area contributed by atoms with Crippen LogP contribution in [0.3, 0.4) is 0 Å². The Bertz CT molecular complexity index is 391. The van der Waals surface area contributed by atoms with Crippen LogP contribution >= 0.6 is 0 Å². The van der Waals surface area contributed by atoms with Crippen LogP contribution in [0.5, 0.6) is 5.75 Å². The summed E-state index contributed by atoms with van der Waals surface area (Å²) in [4.78, 5) is 0. The van der Waals surface area contributed by atoms with Crippen molar-refractivity contribution >= 4 is 0 Å². The highest BCUT2D eigenvalue weighted by Gasteiger charge is 2.20. The van der Waals surface area contributed by atoms with Gasteiger partial charge in [0.2, 0.25) is 0 Å². The molecular weight excluding hydrogens is 246 g/mol. The van der Waals surface area contributed by atoms with E-state index in [2.05, 4.69) is 43.4 Å². The molecule has 2 atom stereocenters. The Kier molecular flexibility index (Phi) is 6.38. The number of para-hydroxylation sites is 1. The van der Waals surface area contributed by atoms with Crippen molar-refractivity contribution in [1.82, 2.24) is 5.32 Å². The molecule has 1 aromatic rings. The Morgan fingerprint density at radius 3 is 2.95 bits per heavy atom. The van der Waals surface area contributed by atoms with Crippen molar-refractivity contribution in [3.8, 4) is 5.75 Å². The Morgan fingerprint density at radius 2 is 2.10 bits per heavy atom. The molecule has 2 unspecified atom stereocenters. The lowest BCUT2D eigenvalue weighted by atomic mass is 9.93. The Hall–Kier alpha value is -1.02. The van der Waals surface area contributed by atoms with E-state index in [4.69, 9.17) is 4.74 Å². The number of hydrogen-bond donors (Lipinski definition) is 1. The lowest BCUT2D eigenvalue weighted by Crippen LogP contribution is -2.32. The molecule has 0 bridgehead atoms. The highest BCUT2D eigenvalue weighted by Crippen LogP contribution is 2.32. The molecule has 1 heterocycles. The van der Waals surface area contributed by atoms with Crippen LogP contribution in [0, 0.1) is 0 Å². The second-order valence-electron chi connectivity index (χ2n) is 6.03. The van der Waals surface area contributed by atoms with Gasteiger partial charge in [0.1, 0.15) is 5.75 Å². The highest BCUT2D eigenvalue weighted by molar-refractivity contribution is 5.37. The lowest BCUT2D eigenvalue weighted by molar-refractivity contribution is 0.262. The molecule has 0 saturated heterocycles. The quantitative estimate of drug-likeness (QED) is 0.705. The van der Waals surface area contributed by atoms with Gasteiger partial charge in [0.15, 0.2) is 0 Å². The highest BCUT2D eigenvalue weighted by atomic mass is 16.5. The van der Waals surface area contributed by atoms with Crippen LogP contribution in [0.4, 0.5) is 0 Å². The molecular formula is C18H29NO. The summed E-state index contributed by atoms with van der Waals surface area (Å²) < 4.78 is 5.72. The zero-order chi connectivity index (χ0) is 14.2. The molecule has 1 N–H and O–H groups in total. The van der Waals surface area contributed by atoms with Gasteiger partial charge in [-0.05, 0) is 31.4 Å². The summed E-state index contributed by atoms with van der Waals surface area (Å²) >= 11 is 0. The molecule has 0 aromatic heterocycles. The molecule has 2 rings (SSSR count). The Labute approximate surface area is 123 Å². The molecule has 20 heavy (non-hydrogen) atoms. The van der Waals surface area contributed by atoms with Gasteiger partial charge < -0.3 is 10.1 Å². The molecule has 0 saturated carbocycles. The summed E-state index contributed by atoms with van der Waals surface area (Å²) in [6, 6.07) is 9.11. The van der Waals surface area contributed by atoms with E-state index >= 15 is 0 Å². The second-order valence-corrected chi connectivity index (χ2v) is 6.03. The van der Waals surface area contributed by atoms with Gasteiger partial charge in [0.25, 0.3) is 0 Å². The van der Waals surface area contributed by atoms with Crippen molar-refractivity contribution in [3.63, 3.8) is 0 Å². The number of fused-ring (bicyclic) bond motifs is 1. The summed E-state index contributed by atoms with van der Waals surface area (Å²) in [6.07, 6.45) is 7.85. The molecule has 0 aliphatic carbocycles. The van der Waals surface area contributed by atoms with Gasteiger partial charge in [-0.2, -0.15) is 0 Å². The summed E-state index contributed by atoms with van der Waals surface area (Å²) in [5, 5.41) is 3.71. The molecule has 2 nitrogen and oxygen atoms in total. The van der Waals surface area contributed by atoms with E-state index in [9.17, 15) is 0 Å². The van der Waals surface area contributed by atoms with Crippen LogP contribution < -0.4 is 10.1 Å². The number of benzene rings is 1. The summed E-state index contributed by atoms with van der Waals surface area (Å²) in [5.74, 6) is 1.69. The maximum absolute atomic E-state index is 5.72. The fourth-order valence-electron chi connectivity index (χ4n) is 2.95. The molecule has 1 aliphatic heterocycles. The maximum atomic E-state index is 5.72. The Balaban J connectivity index is 1.74. The van der Waals surface area contributed by atoms with E-state index in [1.807, 2.05) is 0 Å². The fourth-order valence-corrected chi connectivity index (χ4v) is 2.95. The van der Waals surface area contributed by atoms with Crippen molar-refractivity contribution in [2.24, 2.45) is 0 Å². The summed E-state index contributed by atoms with van der Waals surface area (Å²) in [6.45, 7) is 6.52. The monoisotopic (exact) mass is 275 g/mol. The van der Waals surface area contributed by atoms with Crippen LogP contribution in [-0.4, -0.2) is 19.2 Å². The normalized spacial score (nSPS) is 19.2. The third-order valence-corrected chi connectivity index (χ3v) is 4.29. The molecule has 1 aromatic carbocycles.